The highest BCUT2D eigenvalue weighted by Gasteiger charge is 2.24. The average molecular weight is 191 g/mol. The Morgan fingerprint density at radius 2 is 2.07 bits per heavy atom. The number of carbonyl (C=O) groups is 1. The molecule has 74 valence electrons. The molecule has 1 amide bonds. The van der Waals surface area contributed by atoms with E-state index in [1.54, 1.807) is 4.90 Å². The van der Waals surface area contributed by atoms with Gasteiger partial charge in [-0.1, -0.05) is 0 Å². The van der Waals surface area contributed by atoms with Crippen LogP contribution >= 0.6 is 0 Å². The molecule has 0 aliphatic carbocycles. The highest BCUT2D eigenvalue weighted by atomic mass is 16.5. The quantitative estimate of drug-likeness (QED) is 0.682. The number of ether oxygens (including phenoxy) is 1. The standard InChI is InChI=1S/C11H13NO2/c1-2-14-10-5-3-9(4-6-10)12-8-7-11(12)13/h3-6H,2,7-8H2,1H3. The zero-order chi connectivity index (χ0) is 9.97. The van der Waals surface area contributed by atoms with Gasteiger partial charge >= 0.3 is 0 Å². The minimum Gasteiger partial charge on any atom is -0.494 e. The van der Waals surface area contributed by atoms with Crippen molar-refractivity contribution < 1.29 is 9.53 Å². The second-order valence-electron chi connectivity index (χ2n) is 3.22. The molecule has 0 radical (unpaired) electrons. The fraction of sp³-hybridized carbons (Fsp3) is 0.364. The first-order valence-corrected chi connectivity index (χ1v) is 4.84. The van der Waals surface area contributed by atoms with Gasteiger partial charge in [0, 0.05) is 18.7 Å². The normalized spacial score (nSPS) is 15.2. The summed E-state index contributed by atoms with van der Waals surface area (Å²) in [5.74, 6) is 1.05. The fourth-order valence-corrected chi connectivity index (χ4v) is 1.48. The van der Waals surface area contributed by atoms with E-state index in [9.17, 15) is 4.79 Å². The molecule has 2 rings (SSSR count). The van der Waals surface area contributed by atoms with E-state index in [0.717, 1.165) is 18.0 Å². The van der Waals surface area contributed by atoms with E-state index in [4.69, 9.17) is 4.74 Å². The van der Waals surface area contributed by atoms with E-state index in [-0.39, 0.29) is 5.91 Å². The average Bonchev–Trinajstić information content (AvgIpc) is 2.19. The van der Waals surface area contributed by atoms with Gasteiger partial charge in [0.2, 0.25) is 5.91 Å². The minimum atomic E-state index is 0.203. The van der Waals surface area contributed by atoms with E-state index in [0.29, 0.717) is 13.0 Å². The van der Waals surface area contributed by atoms with Crippen molar-refractivity contribution in [2.75, 3.05) is 18.1 Å². The second kappa shape index (κ2) is 3.70. The molecule has 1 aliphatic heterocycles. The number of β-lactam (4-membered cyclic amide) rings is 1. The Morgan fingerprint density at radius 3 is 2.50 bits per heavy atom. The van der Waals surface area contributed by atoms with Gasteiger partial charge < -0.3 is 9.64 Å². The number of carbonyl (C=O) groups excluding carboxylic acids is 1. The molecule has 0 spiro atoms. The Balaban J connectivity index is 2.09. The van der Waals surface area contributed by atoms with E-state index in [2.05, 4.69) is 0 Å². The second-order valence-corrected chi connectivity index (χ2v) is 3.22. The van der Waals surface area contributed by atoms with Crippen molar-refractivity contribution in [3.8, 4) is 5.75 Å². The smallest absolute Gasteiger partial charge is 0.228 e. The van der Waals surface area contributed by atoms with E-state index in [1.165, 1.54) is 0 Å². The van der Waals surface area contributed by atoms with Gasteiger partial charge in [0.25, 0.3) is 0 Å². The summed E-state index contributed by atoms with van der Waals surface area (Å²) in [6.07, 6.45) is 0.674. The van der Waals surface area contributed by atoms with Crippen LogP contribution in [0.25, 0.3) is 0 Å². The van der Waals surface area contributed by atoms with Crippen LogP contribution in [0.5, 0.6) is 5.75 Å². The summed E-state index contributed by atoms with van der Waals surface area (Å²) < 4.78 is 5.32. The summed E-state index contributed by atoms with van der Waals surface area (Å²) in [4.78, 5) is 12.9. The van der Waals surface area contributed by atoms with Crippen molar-refractivity contribution in [3.05, 3.63) is 24.3 Å². The predicted molar refractivity (Wildman–Crippen MR) is 54.6 cm³/mol. The molecule has 1 heterocycles. The van der Waals surface area contributed by atoms with Gasteiger partial charge in [-0.2, -0.15) is 0 Å². The minimum absolute atomic E-state index is 0.203. The Labute approximate surface area is 83.3 Å². The molecule has 1 aromatic rings. The Morgan fingerprint density at radius 1 is 1.36 bits per heavy atom. The maximum atomic E-state index is 11.1. The topological polar surface area (TPSA) is 29.5 Å². The van der Waals surface area contributed by atoms with Crippen LogP contribution in [0, 0.1) is 0 Å². The van der Waals surface area contributed by atoms with Crippen LogP contribution in [0.1, 0.15) is 13.3 Å². The molecule has 3 heteroatoms. The number of benzene rings is 1. The number of rotatable bonds is 3. The number of amides is 1. The van der Waals surface area contributed by atoms with Gasteiger partial charge in [0.15, 0.2) is 0 Å². The molecule has 0 aromatic heterocycles. The molecular weight excluding hydrogens is 178 g/mol. The van der Waals surface area contributed by atoms with Crippen LogP contribution in [-0.2, 0) is 4.79 Å². The number of nitrogens with zero attached hydrogens (tertiary/aromatic N) is 1. The summed E-state index contributed by atoms with van der Waals surface area (Å²) in [5.41, 5.74) is 0.963. The lowest BCUT2D eigenvalue weighted by molar-refractivity contribution is -0.122. The summed E-state index contributed by atoms with van der Waals surface area (Å²) in [5, 5.41) is 0. The summed E-state index contributed by atoms with van der Waals surface area (Å²) in [6, 6.07) is 7.62. The molecule has 0 saturated carbocycles. The van der Waals surface area contributed by atoms with Crippen molar-refractivity contribution >= 4 is 11.6 Å². The van der Waals surface area contributed by atoms with Gasteiger partial charge in [0.1, 0.15) is 5.75 Å². The largest absolute Gasteiger partial charge is 0.494 e. The number of hydrogen-bond donors (Lipinski definition) is 0. The van der Waals surface area contributed by atoms with Crippen molar-refractivity contribution in [3.63, 3.8) is 0 Å². The van der Waals surface area contributed by atoms with Crippen LogP contribution in [0.4, 0.5) is 5.69 Å². The molecule has 1 aromatic carbocycles. The Kier molecular flexibility index (Phi) is 2.39. The monoisotopic (exact) mass is 191 g/mol. The number of anilines is 1. The molecule has 14 heavy (non-hydrogen) atoms. The molecule has 0 bridgehead atoms. The maximum absolute atomic E-state index is 11.1. The first-order chi connectivity index (χ1) is 6.81. The van der Waals surface area contributed by atoms with Crippen LogP contribution in [0.3, 0.4) is 0 Å². The van der Waals surface area contributed by atoms with Gasteiger partial charge in [-0.05, 0) is 31.2 Å². The molecule has 0 N–H and O–H groups in total. The van der Waals surface area contributed by atoms with Gasteiger partial charge in [0.05, 0.1) is 6.61 Å². The van der Waals surface area contributed by atoms with Crippen LogP contribution in [-0.4, -0.2) is 19.1 Å². The lowest BCUT2D eigenvalue weighted by atomic mass is 10.1. The first kappa shape index (κ1) is 9.06. The van der Waals surface area contributed by atoms with Gasteiger partial charge in [-0.15, -0.1) is 0 Å². The SMILES string of the molecule is CCOc1ccc(N2CCC2=O)cc1. The Hall–Kier alpha value is -1.51. The first-order valence-electron chi connectivity index (χ1n) is 4.84. The maximum Gasteiger partial charge on any atom is 0.228 e. The Bertz CT molecular complexity index is 332. The highest BCUT2D eigenvalue weighted by molar-refractivity contribution is 5.99. The lowest BCUT2D eigenvalue weighted by Gasteiger charge is -2.30. The van der Waals surface area contributed by atoms with Crippen molar-refractivity contribution in [1.29, 1.82) is 0 Å². The van der Waals surface area contributed by atoms with Crippen LogP contribution < -0.4 is 9.64 Å². The third-order valence-electron chi connectivity index (χ3n) is 2.31. The molecule has 0 atom stereocenters. The van der Waals surface area contributed by atoms with Crippen molar-refractivity contribution in [2.24, 2.45) is 0 Å². The van der Waals surface area contributed by atoms with Gasteiger partial charge in [-0.25, -0.2) is 0 Å². The molecule has 3 nitrogen and oxygen atoms in total. The predicted octanol–water partition coefficient (Wildman–Crippen LogP) is 1.82. The van der Waals surface area contributed by atoms with E-state index < -0.39 is 0 Å². The molecule has 1 fully saturated rings. The molecule has 1 aliphatic rings. The van der Waals surface area contributed by atoms with Gasteiger partial charge in [-0.3, -0.25) is 4.79 Å². The highest BCUT2D eigenvalue weighted by Crippen LogP contribution is 2.24. The summed E-state index contributed by atoms with van der Waals surface area (Å²) >= 11 is 0. The third-order valence-corrected chi connectivity index (χ3v) is 2.31. The van der Waals surface area contributed by atoms with Crippen molar-refractivity contribution in [2.45, 2.75) is 13.3 Å². The zero-order valence-corrected chi connectivity index (χ0v) is 8.19. The molecule has 0 unspecified atom stereocenters. The van der Waals surface area contributed by atoms with Crippen LogP contribution in [0.2, 0.25) is 0 Å². The van der Waals surface area contributed by atoms with E-state index in [1.807, 2.05) is 31.2 Å². The molecular formula is C11H13NO2. The molecule has 1 saturated heterocycles. The van der Waals surface area contributed by atoms with Crippen LogP contribution in [0.15, 0.2) is 24.3 Å². The number of hydrogen-bond acceptors (Lipinski definition) is 2. The summed E-state index contributed by atoms with van der Waals surface area (Å²) in [6.45, 7) is 3.46. The fourth-order valence-electron chi connectivity index (χ4n) is 1.48. The van der Waals surface area contributed by atoms with E-state index >= 15 is 0 Å². The third kappa shape index (κ3) is 1.58. The van der Waals surface area contributed by atoms with Crippen molar-refractivity contribution in [1.82, 2.24) is 0 Å². The summed E-state index contributed by atoms with van der Waals surface area (Å²) in [7, 11) is 0. The zero-order valence-electron chi connectivity index (χ0n) is 8.19. The lowest BCUT2D eigenvalue weighted by Crippen LogP contribution is -2.43.